The topological polar surface area (TPSA) is 39.1 Å². The van der Waals surface area contributed by atoms with Crippen molar-refractivity contribution in [2.24, 2.45) is 4.99 Å². The van der Waals surface area contributed by atoms with E-state index in [1.54, 1.807) is 0 Å². The number of aryl methyl sites for hydroxylation is 1. The van der Waals surface area contributed by atoms with Crippen LogP contribution in [-0.2, 0) is 0 Å². The largest absolute Gasteiger partial charge is 0.387 e. The van der Waals surface area contributed by atoms with E-state index in [1.165, 1.54) is 11.3 Å². The van der Waals surface area contributed by atoms with Crippen molar-refractivity contribution in [1.29, 1.82) is 0 Å². The third-order valence-electron chi connectivity index (χ3n) is 4.34. The molecule has 0 spiro atoms. The number of rotatable bonds is 3. The summed E-state index contributed by atoms with van der Waals surface area (Å²) >= 11 is 0. The number of aliphatic hydroxyl groups is 1. The molecular weight excluding hydrogens is 310 g/mol. The van der Waals surface area contributed by atoms with E-state index in [-0.39, 0.29) is 12.4 Å². The predicted octanol–water partition coefficient (Wildman–Crippen LogP) is 3.15. The molecule has 1 unspecified atom stereocenters. The van der Waals surface area contributed by atoms with Crippen molar-refractivity contribution < 1.29 is 5.11 Å². The molecule has 2 heterocycles. The monoisotopic (exact) mass is 329 g/mol. The fourth-order valence-electron chi connectivity index (χ4n) is 3.17. The van der Waals surface area contributed by atoms with Crippen LogP contribution in [0.15, 0.2) is 53.5 Å². The molecule has 4 nitrogen and oxygen atoms in total. The average molecular weight is 330 g/mol. The quantitative estimate of drug-likeness (QED) is 0.940. The van der Waals surface area contributed by atoms with Gasteiger partial charge in [-0.15, -0.1) is 12.4 Å². The van der Waals surface area contributed by atoms with E-state index in [0.29, 0.717) is 6.54 Å². The standard InChI is InChI=1S/C18H19N3O.ClH/c1-13-6-8-14(9-7-13)17(22)12-21-16-5-3-2-4-15(16)20-11-10-19-18(20)21;/h2-9,17,22H,10-12H2,1H3;1H. The molecule has 2 aromatic rings. The summed E-state index contributed by atoms with van der Waals surface area (Å²) in [7, 11) is 0. The summed E-state index contributed by atoms with van der Waals surface area (Å²) in [6.45, 7) is 4.32. The number of hydrogen-bond acceptors (Lipinski definition) is 4. The Morgan fingerprint density at radius 2 is 1.78 bits per heavy atom. The van der Waals surface area contributed by atoms with Crippen LogP contribution in [0.5, 0.6) is 0 Å². The lowest BCUT2D eigenvalue weighted by Gasteiger charge is -2.23. The van der Waals surface area contributed by atoms with Gasteiger partial charge in [0.1, 0.15) is 0 Å². The van der Waals surface area contributed by atoms with E-state index in [1.807, 2.05) is 30.3 Å². The Bertz CT molecular complexity index is 729. The number of hydrogen-bond donors (Lipinski definition) is 1. The molecule has 0 aliphatic carbocycles. The first kappa shape index (κ1) is 15.8. The molecular formula is C18H20ClN3O. The minimum absolute atomic E-state index is 0. The van der Waals surface area contributed by atoms with Crippen molar-refractivity contribution in [3.63, 3.8) is 0 Å². The lowest BCUT2D eigenvalue weighted by Crippen LogP contribution is -2.37. The maximum atomic E-state index is 10.6. The molecule has 0 amide bonds. The van der Waals surface area contributed by atoms with E-state index < -0.39 is 6.10 Å². The Morgan fingerprint density at radius 3 is 2.52 bits per heavy atom. The minimum atomic E-state index is -0.531. The summed E-state index contributed by atoms with van der Waals surface area (Å²) in [6.07, 6.45) is -0.531. The Hall–Kier alpha value is -2.04. The van der Waals surface area contributed by atoms with Gasteiger partial charge in [-0.1, -0.05) is 42.0 Å². The maximum absolute atomic E-state index is 10.6. The van der Waals surface area contributed by atoms with E-state index in [0.717, 1.165) is 30.3 Å². The number of β-amino-alcohol motifs (C(OH)–C–C–N with tert-alkyl or cyclic N) is 1. The molecule has 2 aliphatic heterocycles. The fraction of sp³-hybridized carbons (Fsp3) is 0.278. The van der Waals surface area contributed by atoms with Gasteiger partial charge in [-0.25, -0.2) is 0 Å². The molecule has 2 aromatic carbocycles. The van der Waals surface area contributed by atoms with E-state index in [2.05, 4.69) is 39.9 Å². The van der Waals surface area contributed by atoms with Gasteiger partial charge in [-0.3, -0.25) is 4.99 Å². The first-order chi connectivity index (χ1) is 10.7. The molecule has 5 heteroatoms. The number of anilines is 2. The lowest BCUT2D eigenvalue weighted by molar-refractivity contribution is 0.187. The molecule has 0 radical (unpaired) electrons. The second kappa shape index (κ2) is 6.22. The lowest BCUT2D eigenvalue weighted by atomic mass is 10.1. The number of guanidine groups is 1. The van der Waals surface area contributed by atoms with E-state index >= 15 is 0 Å². The molecule has 120 valence electrons. The summed E-state index contributed by atoms with van der Waals surface area (Å²) in [6, 6.07) is 16.4. The molecule has 0 saturated carbocycles. The number of aliphatic imine (C=N–C) groups is 1. The van der Waals surface area contributed by atoms with Crippen molar-refractivity contribution in [2.75, 3.05) is 29.4 Å². The first-order valence-electron chi connectivity index (χ1n) is 7.67. The van der Waals surface area contributed by atoms with Crippen molar-refractivity contribution in [3.05, 3.63) is 59.7 Å². The highest BCUT2D eigenvalue weighted by atomic mass is 35.5. The molecule has 0 aromatic heterocycles. The average Bonchev–Trinajstić information content (AvgIpc) is 3.11. The van der Waals surface area contributed by atoms with Gasteiger partial charge in [0, 0.05) is 6.54 Å². The zero-order chi connectivity index (χ0) is 15.1. The Labute approximate surface area is 142 Å². The van der Waals surface area contributed by atoms with Gasteiger partial charge in [-0.2, -0.15) is 0 Å². The zero-order valence-corrected chi connectivity index (χ0v) is 13.8. The van der Waals surface area contributed by atoms with Crippen LogP contribution in [0.25, 0.3) is 0 Å². The third kappa shape index (κ3) is 2.69. The van der Waals surface area contributed by atoms with Crippen LogP contribution in [0.1, 0.15) is 17.2 Å². The van der Waals surface area contributed by atoms with Crippen LogP contribution < -0.4 is 9.80 Å². The van der Waals surface area contributed by atoms with Gasteiger partial charge in [-0.05, 0) is 24.6 Å². The minimum Gasteiger partial charge on any atom is -0.387 e. The summed E-state index contributed by atoms with van der Waals surface area (Å²) in [5.41, 5.74) is 4.47. The summed E-state index contributed by atoms with van der Waals surface area (Å²) in [5.74, 6) is 0.965. The molecule has 1 N–H and O–H groups in total. The third-order valence-corrected chi connectivity index (χ3v) is 4.34. The van der Waals surface area contributed by atoms with Crippen LogP contribution in [0, 0.1) is 6.92 Å². The second-order valence-corrected chi connectivity index (χ2v) is 5.86. The SMILES string of the molecule is Cc1ccc(C(O)CN2C3=NCCN3c3ccccc32)cc1.Cl. The summed E-state index contributed by atoms with van der Waals surface area (Å²) in [4.78, 5) is 8.98. The molecule has 0 fully saturated rings. The zero-order valence-electron chi connectivity index (χ0n) is 13.0. The second-order valence-electron chi connectivity index (χ2n) is 5.86. The highest BCUT2D eigenvalue weighted by Gasteiger charge is 2.35. The highest BCUT2D eigenvalue weighted by molar-refractivity contribution is 6.17. The summed E-state index contributed by atoms with van der Waals surface area (Å²) < 4.78 is 0. The number of benzene rings is 2. The molecule has 1 atom stereocenters. The van der Waals surface area contributed by atoms with Crippen LogP contribution in [0.2, 0.25) is 0 Å². The number of aliphatic hydroxyl groups excluding tert-OH is 1. The number of nitrogens with zero attached hydrogens (tertiary/aromatic N) is 3. The van der Waals surface area contributed by atoms with Gasteiger partial charge in [0.25, 0.3) is 0 Å². The Morgan fingerprint density at radius 1 is 1.09 bits per heavy atom. The van der Waals surface area contributed by atoms with Crippen LogP contribution in [0.3, 0.4) is 0 Å². The molecule has 23 heavy (non-hydrogen) atoms. The number of fused-ring (bicyclic) bond motifs is 3. The van der Waals surface area contributed by atoms with Crippen LogP contribution in [-0.4, -0.2) is 30.7 Å². The number of halogens is 1. The summed E-state index contributed by atoms with van der Waals surface area (Å²) in [5, 5.41) is 10.6. The molecule has 4 rings (SSSR count). The van der Waals surface area contributed by atoms with Crippen molar-refractivity contribution >= 4 is 29.7 Å². The molecule has 0 bridgehead atoms. The predicted molar refractivity (Wildman–Crippen MR) is 96.8 cm³/mol. The Kier molecular flexibility index (Phi) is 4.28. The number of para-hydroxylation sites is 2. The molecule has 2 aliphatic rings. The first-order valence-corrected chi connectivity index (χ1v) is 7.67. The van der Waals surface area contributed by atoms with Crippen molar-refractivity contribution in [1.82, 2.24) is 0 Å². The van der Waals surface area contributed by atoms with Gasteiger partial charge >= 0.3 is 0 Å². The van der Waals surface area contributed by atoms with Gasteiger partial charge in [0.15, 0.2) is 0 Å². The Balaban J connectivity index is 0.00000156. The molecule has 0 saturated heterocycles. The van der Waals surface area contributed by atoms with Crippen LogP contribution in [0.4, 0.5) is 11.4 Å². The fourth-order valence-corrected chi connectivity index (χ4v) is 3.17. The maximum Gasteiger partial charge on any atom is 0.206 e. The van der Waals surface area contributed by atoms with E-state index in [9.17, 15) is 5.11 Å². The van der Waals surface area contributed by atoms with Crippen LogP contribution >= 0.6 is 12.4 Å². The highest BCUT2D eigenvalue weighted by Crippen LogP contribution is 2.39. The van der Waals surface area contributed by atoms with E-state index in [4.69, 9.17) is 0 Å². The van der Waals surface area contributed by atoms with Crippen molar-refractivity contribution in [2.45, 2.75) is 13.0 Å². The van der Waals surface area contributed by atoms with Gasteiger partial charge in [0.2, 0.25) is 5.96 Å². The van der Waals surface area contributed by atoms with Crippen molar-refractivity contribution in [3.8, 4) is 0 Å². The smallest absolute Gasteiger partial charge is 0.206 e. The van der Waals surface area contributed by atoms with Gasteiger partial charge in [0.05, 0.1) is 30.6 Å². The normalized spacial score (nSPS) is 16.5. The van der Waals surface area contributed by atoms with Gasteiger partial charge < -0.3 is 14.9 Å².